The summed E-state index contributed by atoms with van der Waals surface area (Å²) in [5, 5.41) is 6.45. The predicted molar refractivity (Wildman–Crippen MR) is 110 cm³/mol. The Hall–Kier alpha value is -2.99. The predicted octanol–water partition coefficient (Wildman–Crippen LogP) is 4.13. The maximum atomic E-state index is 12.8. The van der Waals surface area contributed by atoms with Gasteiger partial charge in [0.2, 0.25) is 5.91 Å². The van der Waals surface area contributed by atoms with E-state index in [0.717, 1.165) is 35.4 Å². The zero-order valence-corrected chi connectivity index (χ0v) is 16.2. The van der Waals surface area contributed by atoms with E-state index in [1.165, 1.54) is 11.3 Å². The molecule has 1 aliphatic carbocycles. The Kier molecular flexibility index (Phi) is 5.48. The molecule has 0 unspecified atom stereocenters. The van der Waals surface area contributed by atoms with Crippen LogP contribution in [-0.4, -0.2) is 16.8 Å². The van der Waals surface area contributed by atoms with Gasteiger partial charge in [0.25, 0.3) is 5.91 Å². The van der Waals surface area contributed by atoms with Crippen LogP contribution in [0, 0.1) is 0 Å². The highest BCUT2D eigenvalue weighted by atomic mass is 32.1. The normalized spacial score (nSPS) is 15.5. The molecule has 4 rings (SSSR count). The van der Waals surface area contributed by atoms with Gasteiger partial charge in [-0.25, -0.2) is 4.98 Å². The first-order chi connectivity index (χ1) is 13.7. The molecule has 28 heavy (non-hydrogen) atoms. The minimum Gasteiger partial charge on any atom is -0.351 e. The number of carbonyl (C=O) groups excluding carboxylic acids is 2. The molecule has 0 radical (unpaired) electrons. The number of carbonyl (C=O) groups is 2. The SMILES string of the molecule is O=C(Nc1nc2c(s1)CCC[C@H]2C(=O)NCc1ccccc1)c1ccccc1. The largest absolute Gasteiger partial charge is 0.351 e. The van der Waals surface area contributed by atoms with E-state index in [4.69, 9.17) is 0 Å². The number of benzene rings is 2. The number of thiazole rings is 1. The van der Waals surface area contributed by atoms with Gasteiger partial charge < -0.3 is 5.32 Å². The van der Waals surface area contributed by atoms with Gasteiger partial charge in [-0.2, -0.15) is 0 Å². The lowest BCUT2D eigenvalue weighted by atomic mass is 9.90. The van der Waals surface area contributed by atoms with E-state index in [1.807, 2.05) is 48.5 Å². The summed E-state index contributed by atoms with van der Waals surface area (Å²) < 4.78 is 0. The third kappa shape index (κ3) is 4.12. The van der Waals surface area contributed by atoms with Crippen molar-refractivity contribution in [3.05, 3.63) is 82.4 Å². The van der Waals surface area contributed by atoms with E-state index in [1.54, 1.807) is 12.1 Å². The fourth-order valence-corrected chi connectivity index (χ4v) is 4.45. The molecule has 142 valence electrons. The molecule has 3 aromatic rings. The van der Waals surface area contributed by atoms with Crippen molar-refractivity contribution in [1.29, 1.82) is 0 Å². The van der Waals surface area contributed by atoms with Crippen molar-refractivity contribution in [2.75, 3.05) is 5.32 Å². The molecule has 2 amide bonds. The van der Waals surface area contributed by atoms with Crippen molar-refractivity contribution in [1.82, 2.24) is 10.3 Å². The van der Waals surface area contributed by atoms with E-state index in [0.29, 0.717) is 17.2 Å². The molecule has 0 saturated carbocycles. The van der Waals surface area contributed by atoms with Crippen molar-refractivity contribution in [3.8, 4) is 0 Å². The van der Waals surface area contributed by atoms with E-state index >= 15 is 0 Å². The molecule has 2 N–H and O–H groups in total. The second-order valence-electron chi connectivity index (χ2n) is 6.80. The van der Waals surface area contributed by atoms with Gasteiger partial charge in [-0.05, 0) is 37.0 Å². The lowest BCUT2D eigenvalue weighted by molar-refractivity contribution is -0.123. The van der Waals surface area contributed by atoms with Gasteiger partial charge in [0.15, 0.2) is 5.13 Å². The molecule has 0 spiro atoms. The number of rotatable bonds is 5. The number of aromatic nitrogens is 1. The number of fused-ring (bicyclic) bond motifs is 1. The van der Waals surface area contributed by atoms with Crippen molar-refractivity contribution in [3.63, 3.8) is 0 Å². The summed E-state index contributed by atoms with van der Waals surface area (Å²) in [5.74, 6) is -0.445. The summed E-state index contributed by atoms with van der Waals surface area (Å²) >= 11 is 1.47. The monoisotopic (exact) mass is 391 g/mol. The van der Waals surface area contributed by atoms with E-state index in [9.17, 15) is 9.59 Å². The molecule has 0 fully saturated rings. The van der Waals surface area contributed by atoms with Crippen LogP contribution in [0.25, 0.3) is 0 Å². The van der Waals surface area contributed by atoms with Crippen LogP contribution in [0.1, 0.15) is 45.3 Å². The molecule has 5 nitrogen and oxygen atoms in total. The summed E-state index contributed by atoms with van der Waals surface area (Å²) in [4.78, 5) is 30.8. The second kappa shape index (κ2) is 8.35. The molecular formula is C22H21N3O2S. The Balaban J connectivity index is 1.45. The van der Waals surface area contributed by atoms with Crippen molar-refractivity contribution >= 4 is 28.3 Å². The summed E-state index contributed by atoms with van der Waals surface area (Å²) in [6.45, 7) is 0.507. The van der Waals surface area contributed by atoms with E-state index in [2.05, 4.69) is 15.6 Å². The fourth-order valence-electron chi connectivity index (χ4n) is 3.39. The smallest absolute Gasteiger partial charge is 0.257 e. The first-order valence-corrected chi connectivity index (χ1v) is 10.2. The van der Waals surface area contributed by atoms with Crippen LogP contribution < -0.4 is 10.6 Å². The average Bonchev–Trinajstić information content (AvgIpc) is 3.15. The Morgan fingerprint density at radius 3 is 2.50 bits per heavy atom. The molecule has 0 aliphatic heterocycles. The number of hydrogen-bond acceptors (Lipinski definition) is 4. The van der Waals surface area contributed by atoms with Crippen molar-refractivity contribution in [2.24, 2.45) is 0 Å². The number of nitrogens with one attached hydrogen (secondary N) is 2. The fraction of sp³-hybridized carbons (Fsp3) is 0.227. The van der Waals surface area contributed by atoms with Crippen molar-refractivity contribution in [2.45, 2.75) is 31.7 Å². The number of amides is 2. The highest BCUT2D eigenvalue weighted by molar-refractivity contribution is 7.15. The summed E-state index contributed by atoms with van der Waals surface area (Å²) in [6.07, 6.45) is 2.63. The third-order valence-electron chi connectivity index (χ3n) is 4.84. The second-order valence-corrected chi connectivity index (χ2v) is 7.88. The highest BCUT2D eigenvalue weighted by Gasteiger charge is 2.30. The topological polar surface area (TPSA) is 71.1 Å². The molecule has 1 aliphatic rings. The van der Waals surface area contributed by atoms with Crippen LogP contribution in [0.4, 0.5) is 5.13 Å². The molecule has 2 aromatic carbocycles. The van der Waals surface area contributed by atoms with Crippen LogP contribution in [0.5, 0.6) is 0 Å². The Morgan fingerprint density at radius 2 is 1.75 bits per heavy atom. The quantitative estimate of drug-likeness (QED) is 0.687. The molecule has 1 aromatic heterocycles. The van der Waals surface area contributed by atoms with Gasteiger partial charge >= 0.3 is 0 Å². The Morgan fingerprint density at radius 1 is 1.04 bits per heavy atom. The van der Waals surface area contributed by atoms with Gasteiger partial charge in [0.05, 0.1) is 11.6 Å². The molecule has 6 heteroatoms. The molecule has 1 heterocycles. The first kappa shape index (κ1) is 18.4. The van der Waals surface area contributed by atoms with Crippen LogP contribution in [0.2, 0.25) is 0 Å². The van der Waals surface area contributed by atoms with E-state index in [-0.39, 0.29) is 17.7 Å². The lowest BCUT2D eigenvalue weighted by Crippen LogP contribution is -2.31. The van der Waals surface area contributed by atoms with Gasteiger partial charge in [0.1, 0.15) is 0 Å². The van der Waals surface area contributed by atoms with Crippen LogP contribution in [0.3, 0.4) is 0 Å². The lowest BCUT2D eigenvalue weighted by Gasteiger charge is -2.20. The van der Waals surface area contributed by atoms with Crippen LogP contribution >= 0.6 is 11.3 Å². The van der Waals surface area contributed by atoms with Gasteiger partial charge in [-0.3, -0.25) is 14.9 Å². The van der Waals surface area contributed by atoms with Crippen molar-refractivity contribution < 1.29 is 9.59 Å². The maximum absolute atomic E-state index is 12.8. The molecule has 0 bridgehead atoms. The zero-order chi connectivity index (χ0) is 19.3. The molecule has 1 atom stereocenters. The van der Waals surface area contributed by atoms with Crippen LogP contribution in [-0.2, 0) is 17.8 Å². The summed E-state index contributed by atoms with van der Waals surface area (Å²) in [5.41, 5.74) is 2.47. The summed E-state index contributed by atoms with van der Waals surface area (Å²) in [6, 6.07) is 18.9. The average molecular weight is 391 g/mol. The minimum atomic E-state index is -0.258. The number of nitrogens with zero attached hydrogens (tertiary/aromatic N) is 1. The van der Waals surface area contributed by atoms with Gasteiger partial charge in [-0.15, -0.1) is 11.3 Å². The number of aryl methyl sites for hydroxylation is 1. The third-order valence-corrected chi connectivity index (χ3v) is 5.88. The molecular weight excluding hydrogens is 370 g/mol. The maximum Gasteiger partial charge on any atom is 0.257 e. The highest BCUT2D eigenvalue weighted by Crippen LogP contribution is 2.37. The standard InChI is InChI=1S/C22H21N3O2S/c26-20(16-10-5-2-6-11-16)25-22-24-19-17(12-7-13-18(19)28-22)21(27)23-14-15-8-3-1-4-9-15/h1-6,8-11,17H,7,12-14H2,(H,23,27)(H,24,25,26)/t17-/m1/s1. The van der Waals surface area contributed by atoms with Gasteiger partial charge in [0, 0.05) is 17.0 Å². The van der Waals surface area contributed by atoms with Crippen LogP contribution in [0.15, 0.2) is 60.7 Å². The Labute approximate surface area is 167 Å². The van der Waals surface area contributed by atoms with E-state index < -0.39 is 0 Å². The minimum absolute atomic E-state index is 0.00367. The summed E-state index contributed by atoms with van der Waals surface area (Å²) in [7, 11) is 0. The molecule has 0 saturated heterocycles. The first-order valence-electron chi connectivity index (χ1n) is 9.38. The van der Waals surface area contributed by atoms with Gasteiger partial charge in [-0.1, -0.05) is 48.5 Å². The number of hydrogen-bond donors (Lipinski definition) is 2. The number of anilines is 1. The zero-order valence-electron chi connectivity index (χ0n) is 15.4. The Bertz CT molecular complexity index is 970.